The van der Waals surface area contributed by atoms with Crippen LogP contribution in [-0.4, -0.2) is 48.6 Å². The van der Waals surface area contributed by atoms with Crippen molar-refractivity contribution in [3.63, 3.8) is 0 Å². The molecule has 1 aliphatic carbocycles. The van der Waals surface area contributed by atoms with Crippen molar-refractivity contribution in [1.29, 1.82) is 0 Å². The van der Waals surface area contributed by atoms with Crippen LogP contribution in [0.25, 0.3) is 0 Å². The highest BCUT2D eigenvalue weighted by atomic mass is 16.4. The summed E-state index contributed by atoms with van der Waals surface area (Å²) in [5.41, 5.74) is 0. The molecule has 1 unspecified atom stereocenters. The van der Waals surface area contributed by atoms with Crippen molar-refractivity contribution in [2.45, 2.75) is 52.0 Å². The zero-order valence-electron chi connectivity index (χ0n) is 13.8. The first-order valence-corrected chi connectivity index (χ1v) is 7.99. The fraction of sp³-hybridized carbons (Fsp3) is 0.875. The minimum Gasteiger partial charge on any atom is -0.481 e. The number of likely N-dealkylation sites (N-methyl/N-ethyl adjacent to an activating group) is 1. The maximum atomic E-state index is 12.5. The predicted octanol–water partition coefficient (Wildman–Crippen LogP) is 1.97. The number of nitrogens with zero attached hydrogens (tertiary/aromatic N) is 1. The van der Waals surface area contributed by atoms with E-state index in [4.69, 9.17) is 0 Å². The van der Waals surface area contributed by atoms with Crippen molar-refractivity contribution >= 4 is 11.9 Å². The average molecular weight is 298 g/mol. The Hall–Kier alpha value is -1.10. The van der Waals surface area contributed by atoms with Gasteiger partial charge in [-0.1, -0.05) is 26.7 Å². The zero-order chi connectivity index (χ0) is 16.0. The molecule has 122 valence electrons. The largest absolute Gasteiger partial charge is 0.481 e. The Morgan fingerprint density at radius 2 is 1.76 bits per heavy atom. The number of hydrogen-bond acceptors (Lipinski definition) is 3. The van der Waals surface area contributed by atoms with Gasteiger partial charge in [-0.05, 0) is 39.3 Å². The quantitative estimate of drug-likeness (QED) is 0.754. The van der Waals surface area contributed by atoms with E-state index in [0.29, 0.717) is 18.8 Å². The number of rotatable bonds is 7. The average Bonchev–Trinajstić information content (AvgIpc) is 2.36. The van der Waals surface area contributed by atoms with Crippen LogP contribution in [0.15, 0.2) is 0 Å². The molecule has 1 saturated carbocycles. The number of carboxylic acid groups (broad SMARTS) is 1. The maximum absolute atomic E-state index is 12.5. The van der Waals surface area contributed by atoms with Gasteiger partial charge in [0.1, 0.15) is 0 Å². The Balaban J connectivity index is 2.67. The summed E-state index contributed by atoms with van der Waals surface area (Å²) in [6.07, 6.45) is 4.09. The van der Waals surface area contributed by atoms with Crippen molar-refractivity contribution in [2.75, 3.05) is 20.6 Å². The first-order chi connectivity index (χ1) is 9.81. The summed E-state index contributed by atoms with van der Waals surface area (Å²) in [5.74, 6) is -1.29. The third-order valence-electron chi connectivity index (χ3n) is 4.11. The molecule has 0 aromatic carbocycles. The summed E-state index contributed by atoms with van der Waals surface area (Å²) in [6.45, 7) is 5.05. The summed E-state index contributed by atoms with van der Waals surface area (Å²) < 4.78 is 0. The van der Waals surface area contributed by atoms with Gasteiger partial charge in [0.2, 0.25) is 5.91 Å². The molecule has 0 aromatic rings. The molecule has 1 amide bonds. The van der Waals surface area contributed by atoms with E-state index in [0.717, 1.165) is 25.8 Å². The molecule has 0 aliphatic heterocycles. The topological polar surface area (TPSA) is 69.6 Å². The Labute approximate surface area is 128 Å². The van der Waals surface area contributed by atoms with Gasteiger partial charge in [0.05, 0.1) is 11.8 Å². The number of carbonyl (C=O) groups excluding carboxylic acids is 1. The SMILES string of the molecule is CC(C)CC(CN(C)C)NC(=O)[C@@H]1CCCC[C@@H]1C(=O)O. The van der Waals surface area contributed by atoms with Crippen LogP contribution in [0.5, 0.6) is 0 Å². The molecule has 5 nitrogen and oxygen atoms in total. The summed E-state index contributed by atoms with van der Waals surface area (Å²) in [7, 11) is 3.97. The molecule has 0 aromatic heterocycles. The van der Waals surface area contributed by atoms with E-state index < -0.39 is 11.9 Å². The van der Waals surface area contributed by atoms with Gasteiger partial charge in [-0.15, -0.1) is 0 Å². The molecule has 0 radical (unpaired) electrons. The second-order valence-corrected chi connectivity index (χ2v) is 6.93. The molecule has 1 fully saturated rings. The Bertz CT molecular complexity index is 345. The van der Waals surface area contributed by atoms with Gasteiger partial charge in [-0.3, -0.25) is 9.59 Å². The van der Waals surface area contributed by atoms with E-state index in [-0.39, 0.29) is 17.9 Å². The molecule has 0 bridgehead atoms. The third kappa shape index (κ3) is 6.04. The highest BCUT2D eigenvalue weighted by molar-refractivity contribution is 5.85. The number of aliphatic carboxylic acids is 1. The Morgan fingerprint density at radius 1 is 1.19 bits per heavy atom. The number of carboxylic acids is 1. The van der Waals surface area contributed by atoms with Gasteiger partial charge < -0.3 is 15.3 Å². The number of carbonyl (C=O) groups is 2. The monoisotopic (exact) mass is 298 g/mol. The van der Waals surface area contributed by atoms with Crippen LogP contribution in [0.2, 0.25) is 0 Å². The van der Waals surface area contributed by atoms with E-state index in [1.165, 1.54) is 0 Å². The molecule has 5 heteroatoms. The number of amides is 1. The van der Waals surface area contributed by atoms with Gasteiger partial charge in [-0.2, -0.15) is 0 Å². The smallest absolute Gasteiger partial charge is 0.307 e. The standard InChI is InChI=1S/C16H30N2O3/c1-11(2)9-12(10-18(3)4)17-15(19)13-7-5-6-8-14(13)16(20)21/h11-14H,5-10H2,1-4H3,(H,17,19)(H,20,21)/t12?,13-,14+/m1/s1. The van der Waals surface area contributed by atoms with Gasteiger partial charge in [-0.25, -0.2) is 0 Å². The minimum absolute atomic E-state index is 0.0744. The number of nitrogens with one attached hydrogen (secondary N) is 1. The molecular weight excluding hydrogens is 268 g/mol. The molecule has 3 atom stereocenters. The van der Waals surface area contributed by atoms with Crippen molar-refractivity contribution < 1.29 is 14.7 Å². The summed E-state index contributed by atoms with van der Waals surface area (Å²) in [6, 6.07) is 0.0869. The molecule has 1 rings (SSSR count). The van der Waals surface area contributed by atoms with E-state index >= 15 is 0 Å². The van der Waals surface area contributed by atoms with Crippen LogP contribution in [-0.2, 0) is 9.59 Å². The van der Waals surface area contributed by atoms with Crippen LogP contribution in [0, 0.1) is 17.8 Å². The molecule has 21 heavy (non-hydrogen) atoms. The molecular formula is C16H30N2O3. The van der Waals surface area contributed by atoms with Crippen molar-refractivity contribution in [3.8, 4) is 0 Å². The molecule has 0 spiro atoms. The minimum atomic E-state index is -0.831. The van der Waals surface area contributed by atoms with Crippen LogP contribution in [0.1, 0.15) is 46.0 Å². The number of hydrogen-bond donors (Lipinski definition) is 2. The van der Waals surface area contributed by atoms with E-state index in [1.807, 2.05) is 14.1 Å². The fourth-order valence-electron chi connectivity index (χ4n) is 3.24. The first-order valence-electron chi connectivity index (χ1n) is 7.99. The third-order valence-corrected chi connectivity index (χ3v) is 4.11. The van der Waals surface area contributed by atoms with Crippen molar-refractivity contribution in [3.05, 3.63) is 0 Å². The van der Waals surface area contributed by atoms with Crippen LogP contribution < -0.4 is 5.32 Å². The Kier molecular flexibility index (Phi) is 7.15. The summed E-state index contributed by atoms with van der Waals surface area (Å²) in [4.78, 5) is 25.9. The molecule has 0 heterocycles. The van der Waals surface area contributed by atoms with Crippen molar-refractivity contribution in [2.24, 2.45) is 17.8 Å². The molecule has 2 N–H and O–H groups in total. The first kappa shape index (κ1) is 18.0. The maximum Gasteiger partial charge on any atom is 0.307 e. The highest BCUT2D eigenvalue weighted by Crippen LogP contribution is 2.30. The van der Waals surface area contributed by atoms with E-state index in [9.17, 15) is 14.7 Å². The van der Waals surface area contributed by atoms with Gasteiger partial charge in [0, 0.05) is 12.6 Å². The lowest BCUT2D eigenvalue weighted by atomic mass is 9.78. The van der Waals surface area contributed by atoms with Crippen LogP contribution >= 0.6 is 0 Å². The second kappa shape index (κ2) is 8.37. The lowest BCUT2D eigenvalue weighted by Crippen LogP contribution is -2.47. The van der Waals surface area contributed by atoms with Gasteiger partial charge >= 0.3 is 5.97 Å². The fourth-order valence-corrected chi connectivity index (χ4v) is 3.24. The molecule has 0 saturated heterocycles. The Morgan fingerprint density at radius 3 is 2.24 bits per heavy atom. The summed E-state index contributed by atoms with van der Waals surface area (Å²) in [5, 5.41) is 12.4. The lowest BCUT2D eigenvalue weighted by molar-refractivity contribution is -0.149. The van der Waals surface area contributed by atoms with Crippen LogP contribution in [0.3, 0.4) is 0 Å². The van der Waals surface area contributed by atoms with Gasteiger partial charge in [0.25, 0.3) is 0 Å². The van der Waals surface area contributed by atoms with Gasteiger partial charge in [0.15, 0.2) is 0 Å². The van der Waals surface area contributed by atoms with E-state index in [1.54, 1.807) is 0 Å². The lowest BCUT2D eigenvalue weighted by Gasteiger charge is -2.31. The van der Waals surface area contributed by atoms with E-state index in [2.05, 4.69) is 24.1 Å². The predicted molar refractivity (Wildman–Crippen MR) is 83.0 cm³/mol. The second-order valence-electron chi connectivity index (χ2n) is 6.93. The van der Waals surface area contributed by atoms with Crippen LogP contribution in [0.4, 0.5) is 0 Å². The zero-order valence-corrected chi connectivity index (χ0v) is 13.8. The van der Waals surface area contributed by atoms with Crippen molar-refractivity contribution in [1.82, 2.24) is 10.2 Å². The highest BCUT2D eigenvalue weighted by Gasteiger charge is 2.36. The normalized spacial score (nSPS) is 24.1. The summed E-state index contributed by atoms with van der Waals surface area (Å²) >= 11 is 0. The molecule has 1 aliphatic rings.